The molecular formula is C17H17N3. The van der Waals surface area contributed by atoms with Crippen molar-refractivity contribution >= 4 is 16.6 Å². The lowest BCUT2D eigenvalue weighted by atomic mass is 10.0. The van der Waals surface area contributed by atoms with Crippen molar-refractivity contribution in [2.24, 2.45) is 0 Å². The van der Waals surface area contributed by atoms with E-state index in [2.05, 4.69) is 28.2 Å². The average Bonchev–Trinajstić information content (AvgIpc) is 2.49. The molecule has 0 fully saturated rings. The molecule has 0 atom stereocenters. The van der Waals surface area contributed by atoms with Gasteiger partial charge in [-0.3, -0.25) is 4.98 Å². The van der Waals surface area contributed by atoms with E-state index in [4.69, 9.17) is 5.73 Å². The summed E-state index contributed by atoms with van der Waals surface area (Å²) in [6.45, 7) is 2.00. The number of nitrogens with zero attached hydrogens (tertiary/aromatic N) is 2. The van der Waals surface area contributed by atoms with Gasteiger partial charge in [0.15, 0.2) is 0 Å². The van der Waals surface area contributed by atoms with E-state index in [1.165, 1.54) is 16.5 Å². The van der Waals surface area contributed by atoms with Crippen LogP contribution in [0.5, 0.6) is 0 Å². The molecule has 0 bridgehead atoms. The number of anilines is 1. The van der Waals surface area contributed by atoms with Crippen LogP contribution in [0.4, 0.5) is 5.82 Å². The third-order valence-corrected chi connectivity index (χ3v) is 3.56. The highest BCUT2D eigenvalue weighted by molar-refractivity contribution is 5.93. The Bertz CT molecular complexity index is 733. The van der Waals surface area contributed by atoms with E-state index in [9.17, 15) is 0 Å². The molecule has 0 saturated heterocycles. The predicted octanol–water partition coefficient (Wildman–Crippen LogP) is 3.31. The minimum Gasteiger partial charge on any atom is -0.383 e. The van der Waals surface area contributed by atoms with Gasteiger partial charge in [-0.2, -0.15) is 0 Å². The SMILES string of the molecule is Cc1ccc(CCc2cnc(N)c3ccccc23)cn1. The molecule has 1 aromatic carbocycles. The van der Waals surface area contributed by atoms with Crippen LogP contribution in [-0.4, -0.2) is 9.97 Å². The fraction of sp³-hybridized carbons (Fsp3) is 0.176. The first kappa shape index (κ1) is 12.6. The van der Waals surface area contributed by atoms with Crippen LogP contribution in [0.3, 0.4) is 0 Å². The van der Waals surface area contributed by atoms with Crippen molar-refractivity contribution in [2.45, 2.75) is 19.8 Å². The van der Waals surface area contributed by atoms with E-state index in [1.54, 1.807) is 0 Å². The largest absolute Gasteiger partial charge is 0.383 e. The van der Waals surface area contributed by atoms with Gasteiger partial charge in [0.2, 0.25) is 0 Å². The smallest absolute Gasteiger partial charge is 0.131 e. The molecule has 20 heavy (non-hydrogen) atoms. The van der Waals surface area contributed by atoms with E-state index in [0.29, 0.717) is 5.82 Å². The monoisotopic (exact) mass is 263 g/mol. The Kier molecular flexibility index (Phi) is 3.33. The van der Waals surface area contributed by atoms with Crippen LogP contribution >= 0.6 is 0 Å². The molecule has 0 spiro atoms. The number of nitrogens with two attached hydrogens (primary N) is 1. The van der Waals surface area contributed by atoms with Crippen molar-refractivity contribution in [2.75, 3.05) is 5.73 Å². The van der Waals surface area contributed by atoms with Crippen LogP contribution in [0, 0.1) is 6.92 Å². The van der Waals surface area contributed by atoms with Gasteiger partial charge < -0.3 is 5.73 Å². The van der Waals surface area contributed by atoms with Crippen LogP contribution in [0.25, 0.3) is 10.8 Å². The number of pyridine rings is 2. The number of hydrogen-bond donors (Lipinski definition) is 1. The first-order valence-corrected chi connectivity index (χ1v) is 6.77. The first-order valence-electron chi connectivity index (χ1n) is 6.77. The average molecular weight is 263 g/mol. The van der Waals surface area contributed by atoms with Crippen LogP contribution < -0.4 is 5.73 Å². The Morgan fingerprint density at radius 3 is 2.45 bits per heavy atom. The van der Waals surface area contributed by atoms with Crippen LogP contribution in [0.1, 0.15) is 16.8 Å². The van der Waals surface area contributed by atoms with Gasteiger partial charge in [0, 0.05) is 23.5 Å². The molecule has 3 aromatic rings. The number of rotatable bonds is 3. The van der Waals surface area contributed by atoms with Gasteiger partial charge >= 0.3 is 0 Å². The molecule has 0 unspecified atom stereocenters. The molecule has 2 heterocycles. The molecule has 3 heteroatoms. The minimum absolute atomic E-state index is 0.598. The normalized spacial score (nSPS) is 10.8. The Morgan fingerprint density at radius 1 is 0.900 bits per heavy atom. The lowest BCUT2D eigenvalue weighted by molar-refractivity contribution is 0.946. The van der Waals surface area contributed by atoms with Crippen molar-refractivity contribution in [1.82, 2.24) is 9.97 Å². The molecule has 0 radical (unpaired) electrons. The number of benzene rings is 1. The van der Waals surface area contributed by atoms with E-state index >= 15 is 0 Å². The zero-order valence-corrected chi connectivity index (χ0v) is 11.5. The molecule has 3 rings (SSSR count). The lowest BCUT2D eigenvalue weighted by Crippen LogP contribution is -1.98. The van der Waals surface area contributed by atoms with Gasteiger partial charge in [0.05, 0.1) is 0 Å². The number of nitrogen functional groups attached to an aromatic ring is 1. The maximum Gasteiger partial charge on any atom is 0.131 e. The van der Waals surface area contributed by atoms with Crippen molar-refractivity contribution in [3.05, 3.63) is 65.6 Å². The summed E-state index contributed by atoms with van der Waals surface area (Å²) in [6, 6.07) is 12.3. The molecule has 0 aliphatic carbocycles. The third-order valence-electron chi connectivity index (χ3n) is 3.56. The van der Waals surface area contributed by atoms with Crippen LogP contribution in [0.15, 0.2) is 48.8 Å². The van der Waals surface area contributed by atoms with Crippen molar-refractivity contribution in [1.29, 1.82) is 0 Å². The zero-order chi connectivity index (χ0) is 13.9. The highest BCUT2D eigenvalue weighted by Crippen LogP contribution is 2.23. The molecule has 0 saturated carbocycles. The van der Waals surface area contributed by atoms with Crippen LogP contribution in [-0.2, 0) is 12.8 Å². The Balaban J connectivity index is 1.88. The van der Waals surface area contributed by atoms with Crippen molar-refractivity contribution < 1.29 is 0 Å². The number of aryl methyl sites for hydroxylation is 3. The number of fused-ring (bicyclic) bond motifs is 1. The zero-order valence-electron chi connectivity index (χ0n) is 11.5. The fourth-order valence-corrected chi connectivity index (χ4v) is 2.40. The van der Waals surface area contributed by atoms with Gasteiger partial charge in [-0.1, -0.05) is 30.3 Å². The summed E-state index contributed by atoms with van der Waals surface area (Å²) in [5.41, 5.74) is 9.46. The number of aromatic nitrogens is 2. The van der Waals surface area contributed by atoms with Crippen molar-refractivity contribution in [3.8, 4) is 0 Å². The lowest BCUT2D eigenvalue weighted by Gasteiger charge is -2.08. The summed E-state index contributed by atoms with van der Waals surface area (Å²) in [6.07, 6.45) is 5.74. The van der Waals surface area contributed by atoms with Gasteiger partial charge in [0.25, 0.3) is 0 Å². The van der Waals surface area contributed by atoms with Gasteiger partial charge in [0.1, 0.15) is 5.82 Å². The molecule has 3 nitrogen and oxygen atoms in total. The van der Waals surface area contributed by atoms with Crippen LogP contribution in [0.2, 0.25) is 0 Å². The van der Waals surface area contributed by atoms with Gasteiger partial charge in [-0.25, -0.2) is 4.98 Å². The second kappa shape index (κ2) is 5.29. The third kappa shape index (κ3) is 2.48. The van der Waals surface area contributed by atoms with E-state index in [0.717, 1.165) is 23.9 Å². The predicted molar refractivity (Wildman–Crippen MR) is 82.5 cm³/mol. The Morgan fingerprint density at radius 2 is 1.70 bits per heavy atom. The maximum absolute atomic E-state index is 5.93. The summed E-state index contributed by atoms with van der Waals surface area (Å²) < 4.78 is 0. The second-order valence-corrected chi connectivity index (χ2v) is 5.02. The molecule has 0 aliphatic rings. The van der Waals surface area contributed by atoms with E-state index in [1.807, 2.05) is 37.5 Å². The summed E-state index contributed by atoms with van der Waals surface area (Å²) in [5, 5.41) is 2.23. The fourth-order valence-electron chi connectivity index (χ4n) is 2.40. The van der Waals surface area contributed by atoms with Gasteiger partial charge in [-0.05, 0) is 42.3 Å². The topological polar surface area (TPSA) is 51.8 Å². The Labute approximate surface area is 118 Å². The van der Waals surface area contributed by atoms with E-state index < -0.39 is 0 Å². The summed E-state index contributed by atoms with van der Waals surface area (Å²) in [4.78, 5) is 8.63. The van der Waals surface area contributed by atoms with Crippen molar-refractivity contribution in [3.63, 3.8) is 0 Å². The molecular weight excluding hydrogens is 246 g/mol. The summed E-state index contributed by atoms with van der Waals surface area (Å²) in [5.74, 6) is 0.598. The first-order chi connectivity index (χ1) is 9.74. The summed E-state index contributed by atoms with van der Waals surface area (Å²) >= 11 is 0. The number of hydrogen-bond acceptors (Lipinski definition) is 3. The quantitative estimate of drug-likeness (QED) is 0.788. The maximum atomic E-state index is 5.93. The molecule has 100 valence electrons. The second-order valence-electron chi connectivity index (χ2n) is 5.02. The van der Waals surface area contributed by atoms with Gasteiger partial charge in [-0.15, -0.1) is 0 Å². The highest BCUT2D eigenvalue weighted by atomic mass is 14.8. The standard InChI is InChI=1S/C17H17N3/c1-12-6-7-13(10-19-12)8-9-14-11-20-17(18)16-5-3-2-4-15(14)16/h2-7,10-11H,8-9H2,1H3,(H2,18,20). The minimum atomic E-state index is 0.598. The molecule has 0 aliphatic heterocycles. The Hall–Kier alpha value is -2.42. The molecule has 2 aromatic heterocycles. The van der Waals surface area contributed by atoms with E-state index in [-0.39, 0.29) is 0 Å². The summed E-state index contributed by atoms with van der Waals surface area (Å²) in [7, 11) is 0. The highest BCUT2D eigenvalue weighted by Gasteiger charge is 2.05. The molecule has 2 N–H and O–H groups in total. The molecule has 0 amide bonds.